The number of hydroxylamine groups is 1. The van der Waals surface area contributed by atoms with Gasteiger partial charge < -0.3 is 10.1 Å². The van der Waals surface area contributed by atoms with Gasteiger partial charge in [0.15, 0.2) is 0 Å². The predicted octanol–water partition coefficient (Wildman–Crippen LogP) is 3.57. The lowest BCUT2D eigenvalue weighted by atomic mass is 10.1. The van der Waals surface area contributed by atoms with E-state index < -0.39 is 5.91 Å². The fraction of sp³-hybridized carbons (Fsp3) is 0.273. The number of hydrogen-bond acceptors (Lipinski definition) is 4. The van der Waals surface area contributed by atoms with Crippen molar-refractivity contribution in [3.8, 4) is 5.75 Å². The number of amides is 2. The van der Waals surface area contributed by atoms with Gasteiger partial charge in [-0.1, -0.05) is 30.3 Å². The third kappa shape index (κ3) is 7.63. The second kappa shape index (κ2) is 11.6. The van der Waals surface area contributed by atoms with Crippen molar-refractivity contribution in [2.75, 3.05) is 6.61 Å². The van der Waals surface area contributed by atoms with Crippen molar-refractivity contribution in [3.63, 3.8) is 0 Å². The van der Waals surface area contributed by atoms with Crippen molar-refractivity contribution in [3.05, 3.63) is 71.8 Å². The molecule has 148 valence electrons. The van der Waals surface area contributed by atoms with Crippen molar-refractivity contribution in [2.24, 2.45) is 0 Å². The first kappa shape index (κ1) is 21.2. The molecule has 2 amide bonds. The molecule has 2 rings (SSSR count). The van der Waals surface area contributed by atoms with Crippen molar-refractivity contribution < 1.29 is 19.5 Å². The second-order valence-corrected chi connectivity index (χ2v) is 6.46. The molecule has 0 aliphatic heterocycles. The van der Waals surface area contributed by atoms with Crippen molar-refractivity contribution in [2.45, 2.75) is 32.2 Å². The first-order valence-corrected chi connectivity index (χ1v) is 9.29. The van der Waals surface area contributed by atoms with Crippen LogP contribution in [0.4, 0.5) is 0 Å². The highest BCUT2D eigenvalue weighted by Crippen LogP contribution is 2.13. The molecule has 6 heteroatoms. The Labute approximate surface area is 165 Å². The van der Waals surface area contributed by atoms with Gasteiger partial charge in [0.2, 0.25) is 5.91 Å². The van der Waals surface area contributed by atoms with E-state index in [-0.39, 0.29) is 11.9 Å². The van der Waals surface area contributed by atoms with Crippen LogP contribution in [0.25, 0.3) is 6.08 Å². The van der Waals surface area contributed by atoms with Crippen LogP contribution in [-0.2, 0) is 4.79 Å². The standard InChI is InChI=1S/C22H26N2O4/c1-17(23-21(25)15-10-18-8-3-2-4-9-18)7-5-6-16-28-20-13-11-19(12-14-20)22(26)24-27/h2-4,8-15,17,27H,5-7,16H2,1H3,(H,23,25)(H,24,26)/b15-10+/t17-/m0/s1. The molecule has 2 aromatic carbocycles. The van der Waals surface area contributed by atoms with E-state index in [1.54, 1.807) is 41.9 Å². The molecule has 1 atom stereocenters. The maximum Gasteiger partial charge on any atom is 0.274 e. The number of rotatable bonds is 10. The summed E-state index contributed by atoms with van der Waals surface area (Å²) >= 11 is 0. The smallest absolute Gasteiger partial charge is 0.274 e. The minimum Gasteiger partial charge on any atom is -0.494 e. The van der Waals surface area contributed by atoms with Crippen LogP contribution in [0.2, 0.25) is 0 Å². The van der Waals surface area contributed by atoms with E-state index in [9.17, 15) is 9.59 Å². The summed E-state index contributed by atoms with van der Waals surface area (Å²) in [5.74, 6) is 0.0164. The van der Waals surface area contributed by atoms with Gasteiger partial charge in [-0.15, -0.1) is 0 Å². The quantitative estimate of drug-likeness (QED) is 0.254. The maximum absolute atomic E-state index is 11.9. The maximum atomic E-state index is 11.9. The highest BCUT2D eigenvalue weighted by Gasteiger charge is 2.05. The van der Waals surface area contributed by atoms with E-state index in [4.69, 9.17) is 9.94 Å². The van der Waals surface area contributed by atoms with Gasteiger partial charge in [0.05, 0.1) is 6.61 Å². The Morgan fingerprint density at radius 3 is 2.46 bits per heavy atom. The molecule has 0 fully saturated rings. The highest BCUT2D eigenvalue weighted by molar-refractivity contribution is 5.93. The summed E-state index contributed by atoms with van der Waals surface area (Å²) in [6.45, 7) is 2.54. The van der Waals surface area contributed by atoms with Crippen LogP contribution in [0.15, 0.2) is 60.7 Å². The SMILES string of the molecule is C[C@@H](CCCCOc1ccc(C(=O)NO)cc1)NC(=O)/C=C/c1ccccc1. The molecule has 0 aromatic heterocycles. The number of carbonyl (C=O) groups is 2. The van der Waals surface area contributed by atoms with E-state index in [1.165, 1.54) is 0 Å². The Kier molecular flexibility index (Phi) is 8.75. The average Bonchev–Trinajstić information content (AvgIpc) is 2.72. The van der Waals surface area contributed by atoms with Gasteiger partial charge in [0, 0.05) is 17.7 Å². The van der Waals surface area contributed by atoms with E-state index in [1.807, 2.05) is 37.3 Å². The van der Waals surface area contributed by atoms with Gasteiger partial charge in [-0.25, -0.2) is 5.48 Å². The van der Waals surface area contributed by atoms with Crippen LogP contribution in [-0.4, -0.2) is 29.7 Å². The Bertz CT molecular complexity index is 773. The zero-order valence-corrected chi connectivity index (χ0v) is 15.9. The van der Waals surface area contributed by atoms with E-state index in [2.05, 4.69) is 5.32 Å². The van der Waals surface area contributed by atoms with Gasteiger partial charge in [0.25, 0.3) is 5.91 Å². The summed E-state index contributed by atoms with van der Waals surface area (Å²) in [6.07, 6.45) is 6.00. The zero-order chi connectivity index (χ0) is 20.2. The molecule has 0 heterocycles. The summed E-state index contributed by atoms with van der Waals surface area (Å²) in [5, 5.41) is 11.5. The third-order valence-corrected chi connectivity index (χ3v) is 4.13. The number of unbranched alkanes of at least 4 members (excludes halogenated alkanes) is 1. The fourth-order valence-corrected chi connectivity index (χ4v) is 2.61. The molecule has 2 aromatic rings. The van der Waals surface area contributed by atoms with Crippen LogP contribution in [0.1, 0.15) is 42.1 Å². The largest absolute Gasteiger partial charge is 0.494 e. The third-order valence-electron chi connectivity index (χ3n) is 4.13. The van der Waals surface area contributed by atoms with Crippen LogP contribution in [0.5, 0.6) is 5.75 Å². The Morgan fingerprint density at radius 2 is 1.79 bits per heavy atom. The van der Waals surface area contributed by atoms with Crippen molar-refractivity contribution >= 4 is 17.9 Å². The molecule has 28 heavy (non-hydrogen) atoms. The summed E-state index contributed by atoms with van der Waals surface area (Å²) in [4.78, 5) is 23.2. The lowest BCUT2D eigenvalue weighted by Gasteiger charge is -2.12. The number of hydrogen-bond donors (Lipinski definition) is 3. The topological polar surface area (TPSA) is 87.7 Å². The Balaban J connectivity index is 1.60. The molecule has 0 aliphatic carbocycles. The first-order chi connectivity index (χ1) is 13.6. The molecule has 3 N–H and O–H groups in total. The molecule has 0 unspecified atom stereocenters. The number of benzene rings is 2. The van der Waals surface area contributed by atoms with Gasteiger partial charge >= 0.3 is 0 Å². The minimum atomic E-state index is -0.554. The molecule has 0 bridgehead atoms. The zero-order valence-electron chi connectivity index (χ0n) is 15.9. The highest BCUT2D eigenvalue weighted by atomic mass is 16.5. The fourth-order valence-electron chi connectivity index (χ4n) is 2.61. The lowest BCUT2D eigenvalue weighted by molar-refractivity contribution is -0.117. The Morgan fingerprint density at radius 1 is 1.07 bits per heavy atom. The molecule has 0 saturated heterocycles. The summed E-state index contributed by atoms with van der Waals surface area (Å²) in [6, 6.07) is 16.3. The van der Waals surface area contributed by atoms with Crippen molar-refractivity contribution in [1.82, 2.24) is 10.8 Å². The minimum absolute atomic E-state index is 0.0872. The summed E-state index contributed by atoms with van der Waals surface area (Å²) in [7, 11) is 0. The van der Waals surface area contributed by atoms with Gasteiger partial charge in [-0.05, 0) is 62.1 Å². The van der Waals surface area contributed by atoms with Crippen LogP contribution >= 0.6 is 0 Å². The van der Waals surface area contributed by atoms with E-state index in [0.717, 1.165) is 24.8 Å². The summed E-state index contributed by atoms with van der Waals surface area (Å²) < 4.78 is 5.63. The lowest BCUT2D eigenvalue weighted by Crippen LogP contribution is -2.31. The van der Waals surface area contributed by atoms with Gasteiger partial charge in [-0.2, -0.15) is 0 Å². The average molecular weight is 382 g/mol. The van der Waals surface area contributed by atoms with Crippen LogP contribution in [0, 0.1) is 0 Å². The number of ether oxygens (including phenoxy) is 1. The summed E-state index contributed by atoms with van der Waals surface area (Å²) in [5.41, 5.74) is 2.94. The predicted molar refractivity (Wildman–Crippen MR) is 108 cm³/mol. The van der Waals surface area contributed by atoms with Crippen LogP contribution in [0.3, 0.4) is 0 Å². The molecular formula is C22H26N2O4. The van der Waals surface area contributed by atoms with E-state index >= 15 is 0 Å². The first-order valence-electron chi connectivity index (χ1n) is 9.29. The molecule has 0 saturated carbocycles. The van der Waals surface area contributed by atoms with Crippen LogP contribution < -0.4 is 15.5 Å². The molecule has 0 aliphatic rings. The number of nitrogens with one attached hydrogen (secondary N) is 2. The normalized spacial score (nSPS) is 11.8. The molecule has 0 spiro atoms. The molecular weight excluding hydrogens is 356 g/mol. The van der Waals surface area contributed by atoms with Gasteiger partial charge in [-0.3, -0.25) is 14.8 Å². The van der Waals surface area contributed by atoms with Crippen molar-refractivity contribution in [1.29, 1.82) is 0 Å². The number of carbonyl (C=O) groups excluding carboxylic acids is 2. The monoisotopic (exact) mass is 382 g/mol. The van der Waals surface area contributed by atoms with E-state index in [0.29, 0.717) is 17.9 Å². The molecule has 6 nitrogen and oxygen atoms in total. The second-order valence-electron chi connectivity index (χ2n) is 6.46. The molecule has 0 radical (unpaired) electrons. The van der Waals surface area contributed by atoms with Gasteiger partial charge in [0.1, 0.15) is 5.75 Å². The Hall–Kier alpha value is -3.12.